The Hall–Kier alpha value is -4.34. The van der Waals surface area contributed by atoms with Crippen LogP contribution < -0.4 is 16.2 Å². The number of aromatic nitrogens is 2. The van der Waals surface area contributed by atoms with Gasteiger partial charge in [0.25, 0.3) is 11.5 Å². The van der Waals surface area contributed by atoms with Crippen LogP contribution in [-0.2, 0) is 42.6 Å². The molecule has 10 nitrogen and oxygen atoms in total. The summed E-state index contributed by atoms with van der Waals surface area (Å²) in [6.07, 6.45) is 1.87. The van der Waals surface area contributed by atoms with Gasteiger partial charge in [-0.15, -0.1) is 0 Å². The third kappa shape index (κ3) is 4.81. The zero-order valence-electron chi connectivity index (χ0n) is 21.0. The van der Waals surface area contributed by atoms with E-state index in [0.29, 0.717) is 16.6 Å². The predicted molar refractivity (Wildman–Crippen MR) is 137 cm³/mol. The smallest absolute Gasteiger partial charge is 0.342 e. The summed E-state index contributed by atoms with van der Waals surface area (Å²) in [7, 11) is 0. The number of carbonyl (C=O) groups excluding carboxylic acids is 4. The highest BCUT2D eigenvalue weighted by molar-refractivity contribution is 6.11. The molecule has 2 fully saturated rings. The normalized spacial score (nSPS) is 19.5. The number of carbonyl (C=O) groups is 4. The lowest BCUT2D eigenvalue weighted by Gasteiger charge is -2.31. The summed E-state index contributed by atoms with van der Waals surface area (Å²) < 4.78 is 6.64. The molecule has 196 valence electrons. The SMILES string of the molecule is Cc1nc2ccc(CNC(=O)C3CC3)cc2c(=O)n1C1(C(=O)OCc2ccccc2)CCCC(=O)NC1=O. The molecular formula is C28H28N4O6. The zero-order chi connectivity index (χ0) is 26.9. The standard InChI is InChI=1S/C28H28N4O6/c1-17-30-22-12-9-19(15-29-24(34)20-10-11-20)14-21(22)25(35)32(17)28(13-5-8-23(33)31-26(28)36)27(37)38-16-18-6-3-2-4-7-18/h2-4,6-7,9,12,14,20H,5,8,10-11,13,15-16H2,1H3,(H,29,34)(H,31,33,36). The number of rotatable bonds is 7. The highest BCUT2D eigenvalue weighted by Crippen LogP contribution is 2.30. The van der Waals surface area contributed by atoms with E-state index in [0.717, 1.165) is 17.4 Å². The van der Waals surface area contributed by atoms with Crippen LogP contribution in [0.4, 0.5) is 0 Å². The highest BCUT2D eigenvalue weighted by atomic mass is 16.5. The van der Waals surface area contributed by atoms with Crippen LogP contribution in [0.15, 0.2) is 53.3 Å². The molecule has 3 amide bonds. The van der Waals surface area contributed by atoms with E-state index in [1.807, 2.05) is 6.07 Å². The van der Waals surface area contributed by atoms with Gasteiger partial charge in [-0.05, 0) is 55.9 Å². The van der Waals surface area contributed by atoms with E-state index < -0.39 is 28.9 Å². The molecule has 0 radical (unpaired) electrons. The number of aryl methyl sites for hydroxylation is 1. The van der Waals surface area contributed by atoms with Crippen LogP contribution >= 0.6 is 0 Å². The summed E-state index contributed by atoms with van der Waals surface area (Å²) in [4.78, 5) is 69.9. The molecule has 2 N–H and O–H groups in total. The molecule has 2 aromatic carbocycles. The first-order valence-corrected chi connectivity index (χ1v) is 12.7. The molecule has 10 heteroatoms. The highest BCUT2D eigenvalue weighted by Gasteiger charge is 2.52. The summed E-state index contributed by atoms with van der Waals surface area (Å²) in [5, 5.41) is 5.32. The molecule has 3 aromatic rings. The summed E-state index contributed by atoms with van der Waals surface area (Å²) in [6, 6.07) is 14.0. The fourth-order valence-electron chi connectivity index (χ4n) is 4.84. The van der Waals surface area contributed by atoms with E-state index in [9.17, 15) is 24.0 Å². The van der Waals surface area contributed by atoms with E-state index in [4.69, 9.17) is 4.74 Å². The molecule has 1 saturated carbocycles. The minimum absolute atomic E-state index is 0.0237. The van der Waals surface area contributed by atoms with Crippen molar-refractivity contribution >= 4 is 34.6 Å². The molecular weight excluding hydrogens is 488 g/mol. The summed E-state index contributed by atoms with van der Waals surface area (Å²) in [5.41, 5.74) is -0.941. The first-order chi connectivity index (χ1) is 18.3. The lowest BCUT2D eigenvalue weighted by molar-refractivity contribution is -0.161. The lowest BCUT2D eigenvalue weighted by atomic mass is 9.91. The second-order valence-corrected chi connectivity index (χ2v) is 9.80. The molecule has 1 saturated heterocycles. The number of amides is 3. The van der Waals surface area contributed by atoms with Gasteiger partial charge in [-0.25, -0.2) is 9.78 Å². The number of hydrogen-bond acceptors (Lipinski definition) is 7. The van der Waals surface area contributed by atoms with Crippen LogP contribution in [0.5, 0.6) is 0 Å². The first kappa shape index (κ1) is 25.3. The average molecular weight is 517 g/mol. The fraction of sp³-hybridized carbons (Fsp3) is 0.357. The van der Waals surface area contributed by atoms with Crippen molar-refractivity contribution in [2.75, 3.05) is 0 Å². The minimum Gasteiger partial charge on any atom is -0.459 e. The largest absolute Gasteiger partial charge is 0.459 e. The monoisotopic (exact) mass is 516 g/mol. The Morgan fingerprint density at radius 3 is 2.61 bits per heavy atom. The summed E-state index contributed by atoms with van der Waals surface area (Å²) in [6.45, 7) is 1.66. The Morgan fingerprint density at radius 2 is 1.87 bits per heavy atom. The third-order valence-corrected chi connectivity index (χ3v) is 7.02. The second-order valence-electron chi connectivity index (χ2n) is 9.80. The van der Waals surface area contributed by atoms with Crippen LogP contribution in [0, 0.1) is 12.8 Å². The number of esters is 1. The Balaban J connectivity index is 1.57. The van der Waals surface area contributed by atoms with Crippen LogP contribution in [-0.4, -0.2) is 33.2 Å². The van der Waals surface area contributed by atoms with Crippen molar-refractivity contribution in [1.29, 1.82) is 0 Å². The van der Waals surface area contributed by atoms with Crippen molar-refractivity contribution in [1.82, 2.24) is 20.2 Å². The zero-order valence-corrected chi connectivity index (χ0v) is 21.0. The van der Waals surface area contributed by atoms with Crippen molar-refractivity contribution < 1.29 is 23.9 Å². The molecule has 38 heavy (non-hydrogen) atoms. The molecule has 0 spiro atoms. The van der Waals surface area contributed by atoms with Gasteiger partial charge in [0.05, 0.1) is 10.9 Å². The molecule has 1 atom stereocenters. The van der Waals surface area contributed by atoms with Crippen LogP contribution in [0.1, 0.15) is 49.1 Å². The van der Waals surface area contributed by atoms with Gasteiger partial charge in [-0.2, -0.15) is 0 Å². The van der Waals surface area contributed by atoms with Gasteiger partial charge in [-0.1, -0.05) is 36.4 Å². The van der Waals surface area contributed by atoms with E-state index in [1.165, 1.54) is 6.92 Å². The van der Waals surface area contributed by atoms with Gasteiger partial charge in [0.1, 0.15) is 12.4 Å². The van der Waals surface area contributed by atoms with E-state index in [1.54, 1.807) is 42.5 Å². The second kappa shape index (κ2) is 10.2. The molecule has 0 bridgehead atoms. The van der Waals surface area contributed by atoms with E-state index >= 15 is 0 Å². The Bertz CT molecular complexity index is 1490. The molecule has 5 rings (SSSR count). The van der Waals surface area contributed by atoms with Gasteiger partial charge in [-0.3, -0.25) is 29.1 Å². The van der Waals surface area contributed by atoms with Gasteiger partial charge in [0.15, 0.2) is 0 Å². The van der Waals surface area contributed by atoms with Crippen LogP contribution in [0.2, 0.25) is 0 Å². The summed E-state index contributed by atoms with van der Waals surface area (Å²) >= 11 is 0. The van der Waals surface area contributed by atoms with E-state index in [2.05, 4.69) is 15.6 Å². The van der Waals surface area contributed by atoms with Crippen molar-refractivity contribution in [3.63, 3.8) is 0 Å². The Kier molecular flexibility index (Phi) is 6.79. The van der Waals surface area contributed by atoms with Crippen molar-refractivity contribution in [2.45, 2.75) is 57.7 Å². The van der Waals surface area contributed by atoms with E-state index in [-0.39, 0.29) is 55.4 Å². The molecule has 1 unspecified atom stereocenters. The Morgan fingerprint density at radius 1 is 1.11 bits per heavy atom. The minimum atomic E-state index is -2.11. The van der Waals surface area contributed by atoms with Crippen LogP contribution in [0.25, 0.3) is 10.9 Å². The number of hydrogen-bond donors (Lipinski definition) is 2. The molecule has 1 aliphatic carbocycles. The Labute approximate surface area is 218 Å². The predicted octanol–water partition coefficient (Wildman–Crippen LogP) is 2.00. The maximum atomic E-state index is 13.9. The number of nitrogens with one attached hydrogen (secondary N) is 2. The number of imide groups is 1. The number of fused-ring (bicyclic) bond motifs is 1. The maximum Gasteiger partial charge on any atom is 0.342 e. The lowest BCUT2D eigenvalue weighted by Crippen LogP contribution is -2.58. The first-order valence-electron chi connectivity index (χ1n) is 12.7. The number of ether oxygens (including phenoxy) is 1. The molecule has 2 aliphatic rings. The van der Waals surface area contributed by atoms with Gasteiger partial charge < -0.3 is 10.1 Å². The van der Waals surface area contributed by atoms with Gasteiger partial charge in [0, 0.05) is 18.9 Å². The third-order valence-electron chi connectivity index (χ3n) is 7.02. The average Bonchev–Trinajstić information content (AvgIpc) is 3.76. The summed E-state index contributed by atoms with van der Waals surface area (Å²) in [5.74, 6) is -2.22. The maximum absolute atomic E-state index is 13.9. The molecule has 2 heterocycles. The van der Waals surface area contributed by atoms with Crippen molar-refractivity contribution in [3.05, 3.63) is 75.8 Å². The number of nitrogens with zero attached hydrogens (tertiary/aromatic N) is 2. The van der Waals surface area contributed by atoms with Gasteiger partial charge >= 0.3 is 5.97 Å². The molecule has 1 aromatic heterocycles. The fourth-order valence-corrected chi connectivity index (χ4v) is 4.84. The van der Waals surface area contributed by atoms with Crippen molar-refractivity contribution in [2.24, 2.45) is 5.92 Å². The quantitative estimate of drug-likeness (QED) is 0.278. The number of benzene rings is 2. The van der Waals surface area contributed by atoms with Gasteiger partial charge in [0.2, 0.25) is 17.4 Å². The van der Waals surface area contributed by atoms with Crippen LogP contribution in [0.3, 0.4) is 0 Å². The topological polar surface area (TPSA) is 136 Å². The van der Waals surface area contributed by atoms with Crippen molar-refractivity contribution in [3.8, 4) is 0 Å². The molecule has 1 aliphatic heterocycles.